The lowest BCUT2D eigenvalue weighted by molar-refractivity contribution is -0.277. The smallest absolute Gasteiger partial charge is 0.229 e. The molecule has 5 atom stereocenters. The zero-order valence-corrected chi connectivity index (χ0v) is 14.0. The van der Waals surface area contributed by atoms with Crippen LogP contribution in [-0.4, -0.2) is 62.7 Å². The molecule has 1 unspecified atom stereocenters. The molecule has 1 aromatic carbocycles. The number of hydrogen-bond acceptors (Lipinski definition) is 6. The molecule has 0 bridgehead atoms. The second kappa shape index (κ2) is 6.56. The highest BCUT2D eigenvalue weighted by Crippen LogP contribution is 2.38. The Morgan fingerprint density at radius 3 is 2.65 bits per heavy atom. The number of aliphatic hydroxyl groups excluding tert-OH is 4. The number of H-pyrrole nitrogens is 1. The molecular formula is C14H15BrClNO6. The molecule has 3 rings (SSSR count). The Morgan fingerprint density at radius 2 is 1.96 bits per heavy atom. The van der Waals surface area contributed by atoms with Crippen molar-refractivity contribution in [1.29, 1.82) is 0 Å². The highest BCUT2D eigenvalue weighted by Gasteiger charge is 2.44. The summed E-state index contributed by atoms with van der Waals surface area (Å²) < 4.78 is 11.6. The lowest BCUT2D eigenvalue weighted by Gasteiger charge is -2.39. The Balaban J connectivity index is 1.91. The second-order valence-electron chi connectivity index (χ2n) is 5.25. The van der Waals surface area contributed by atoms with Gasteiger partial charge in [-0.2, -0.15) is 0 Å². The Hall–Kier alpha value is -0.870. The van der Waals surface area contributed by atoms with Crippen molar-refractivity contribution < 1.29 is 29.9 Å². The third-order valence-electron chi connectivity index (χ3n) is 3.79. The number of benzene rings is 1. The van der Waals surface area contributed by atoms with Gasteiger partial charge in [0.1, 0.15) is 30.2 Å². The molecular weight excluding hydrogens is 394 g/mol. The van der Waals surface area contributed by atoms with E-state index in [2.05, 4.69) is 20.9 Å². The van der Waals surface area contributed by atoms with Gasteiger partial charge in [-0.1, -0.05) is 11.6 Å². The van der Waals surface area contributed by atoms with Gasteiger partial charge in [-0.15, -0.1) is 0 Å². The van der Waals surface area contributed by atoms with Crippen molar-refractivity contribution >= 4 is 38.4 Å². The summed E-state index contributed by atoms with van der Waals surface area (Å²) in [7, 11) is 0. The molecule has 0 aliphatic carbocycles. The molecule has 1 aromatic heterocycles. The summed E-state index contributed by atoms with van der Waals surface area (Å²) in [4.78, 5) is 2.98. The van der Waals surface area contributed by atoms with Gasteiger partial charge in [0.15, 0.2) is 0 Å². The zero-order valence-electron chi connectivity index (χ0n) is 11.7. The third-order valence-corrected chi connectivity index (χ3v) is 5.07. The molecule has 2 heterocycles. The minimum Gasteiger partial charge on any atom is -0.460 e. The molecule has 23 heavy (non-hydrogen) atoms. The van der Waals surface area contributed by atoms with Crippen LogP contribution >= 0.6 is 27.5 Å². The number of aliphatic hydroxyl groups is 4. The lowest BCUT2D eigenvalue weighted by Crippen LogP contribution is -2.60. The summed E-state index contributed by atoms with van der Waals surface area (Å²) in [5.74, 6) is 0.315. The first-order valence-electron chi connectivity index (χ1n) is 6.86. The Bertz CT molecular complexity index is 708. The molecule has 5 N–H and O–H groups in total. The molecule has 1 fully saturated rings. The molecule has 0 radical (unpaired) electrons. The van der Waals surface area contributed by atoms with E-state index < -0.39 is 37.3 Å². The van der Waals surface area contributed by atoms with Gasteiger partial charge < -0.3 is 34.9 Å². The van der Waals surface area contributed by atoms with Gasteiger partial charge in [0.05, 0.1) is 22.5 Å². The highest BCUT2D eigenvalue weighted by molar-refractivity contribution is 9.10. The van der Waals surface area contributed by atoms with Crippen LogP contribution in [0.2, 0.25) is 5.02 Å². The van der Waals surface area contributed by atoms with Crippen LogP contribution in [0, 0.1) is 0 Å². The van der Waals surface area contributed by atoms with Crippen molar-refractivity contribution in [3.8, 4) is 5.75 Å². The predicted octanol–water partition coefficient (Wildman–Crippen LogP) is 0.762. The fourth-order valence-electron chi connectivity index (χ4n) is 2.51. The summed E-state index contributed by atoms with van der Waals surface area (Å²) >= 11 is 9.58. The summed E-state index contributed by atoms with van der Waals surface area (Å²) in [6.07, 6.45) is -5.17. The number of rotatable bonds is 3. The maximum absolute atomic E-state index is 10.0. The van der Waals surface area contributed by atoms with Crippen molar-refractivity contribution in [3.05, 3.63) is 27.8 Å². The molecule has 9 heteroatoms. The number of aromatic amines is 1. The minimum atomic E-state index is -1.50. The minimum absolute atomic E-state index is 0.315. The van der Waals surface area contributed by atoms with Gasteiger partial charge in [0.25, 0.3) is 0 Å². The standard InChI is InChI=1S/C14H15BrClNO6/c15-5-1-2-6-9(10(5)16)7(3-17-6)22-14-13(21)12(20)11(19)8(4-18)23-14/h1-3,8,11-14,17-21H,4H2/t8-,11+,12+,13-,14?/m1/s1. The summed E-state index contributed by atoms with van der Waals surface area (Å²) in [5.41, 5.74) is 0.720. The van der Waals surface area contributed by atoms with E-state index in [0.717, 1.165) is 5.52 Å². The number of fused-ring (bicyclic) bond motifs is 1. The largest absolute Gasteiger partial charge is 0.460 e. The zero-order chi connectivity index (χ0) is 16.7. The molecule has 0 spiro atoms. The van der Waals surface area contributed by atoms with Crippen LogP contribution in [0.3, 0.4) is 0 Å². The molecule has 0 saturated carbocycles. The topological polar surface area (TPSA) is 115 Å². The molecule has 1 aliphatic heterocycles. The van der Waals surface area contributed by atoms with Crippen molar-refractivity contribution in [2.45, 2.75) is 30.7 Å². The second-order valence-corrected chi connectivity index (χ2v) is 6.48. The monoisotopic (exact) mass is 407 g/mol. The van der Waals surface area contributed by atoms with Gasteiger partial charge in [-0.3, -0.25) is 0 Å². The van der Waals surface area contributed by atoms with E-state index in [1.807, 2.05) is 0 Å². The van der Waals surface area contributed by atoms with Gasteiger partial charge in [0.2, 0.25) is 6.29 Å². The van der Waals surface area contributed by atoms with E-state index in [0.29, 0.717) is 20.6 Å². The van der Waals surface area contributed by atoms with Gasteiger partial charge >= 0.3 is 0 Å². The molecule has 126 valence electrons. The fourth-order valence-corrected chi connectivity index (χ4v) is 3.10. The van der Waals surface area contributed by atoms with Crippen molar-refractivity contribution in [1.82, 2.24) is 4.98 Å². The maximum atomic E-state index is 10.0. The summed E-state index contributed by atoms with van der Waals surface area (Å²) in [5, 5.41) is 39.8. The van der Waals surface area contributed by atoms with E-state index >= 15 is 0 Å². The van der Waals surface area contributed by atoms with Crippen molar-refractivity contribution in [3.63, 3.8) is 0 Å². The first-order chi connectivity index (χ1) is 10.9. The van der Waals surface area contributed by atoms with Crippen LogP contribution in [0.25, 0.3) is 10.9 Å². The molecule has 2 aromatic rings. The number of halogens is 2. The predicted molar refractivity (Wildman–Crippen MR) is 85.4 cm³/mol. The molecule has 1 saturated heterocycles. The molecule has 7 nitrogen and oxygen atoms in total. The van der Waals surface area contributed by atoms with Gasteiger partial charge in [0, 0.05) is 10.7 Å². The molecule has 1 aliphatic rings. The average molecular weight is 409 g/mol. The van der Waals surface area contributed by atoms with Crippen LogP contribution in [-0.2, 0) is 4.74 Å². The number of hydrogen-bond donors (Lipinski definition) is 5. The Kier molecular flexibility index (Phi) is 4.84. The quantitative estimate of drug-likeness (QED) is 0.512. The first-order valence-corrected chi connectivity index (χ1v) is 8.03. The van der Waals surface area contributed by atoms with E-state index in [1.165, 1.54) is 0 Å². The fraction of sp³-hybridized carbons (Fsp3) is 0.429. The van der Waals surface area contributed by atoms with E-state index in [9.17, 15) is 20.4 Å². The first kappa shape index (κ1) is 17.0. The van der Waals surface area contributed by atoms with E-state index in [-0.39, 0.29) is 0 Å². The van der Waals surface area contributed by atoms with Crippen molar-refractivity contribution in [2.75, 3.05) is 6.61 Å². The summed E-state index contributed by atoms with van der Waals surface area (Å²) in [6.45, 7) is -0.523. The number of nitrogens with one attached hydrogen (secondary N) is 1. The van der Waals surface area contributed by atoms with Crippen molar-refractivity contribution in [2.24, 2.45) is 0 Å². The van der Waals surface area contributed by atoms with Gasteiger partial charge in [-0.25, -0.2) is 0 Å². The maximum Gasteiger partial charge on any atom is 0.229 e. The third kappa shape index (κ3) is 2.96. The SMILES string of the molecule is OC[C@H]1OC(Oc2c[nH]c3ccc(Br)c(Cl)c23)[C@H](O)[C@@H](O)[C@H]1O. The lowest BCUT2D eigenvalue weighted by atomic mass is 9.99. The van der Waals surface area contributed by atoms with Crippen LogP contribution in [0.15, 0.2) is 22.8 Å². The van der Waals surface area contributed by atoms with E-state index in [1.54, 1.807) is 18.3 Å². The van der Waals surface area contributed by atoms with Gasteiger partial charge in [-0.05, 0) is 28.1 Å². The van der Waals surface area contributed by atoms with Crippen LogP contribution in [0.5, 0.6) is 5.75 Å². The molecule has 0 amide bonds. The average Bonchev–Trinajstić information content (AvgIpc) is 2.95. The van der Waals surface area contributed by atoms with Crippen LogP contribution in [0.4, 0.5) is 0 Å². The normalized spacial score (nSPS) is 31.5. The Labute approximate surface area is 144 Å². The number of ether oxygens (including phenoxy) is 2. The van der Waals surface area contributed by atoms with Crippen LogP contribution < -0.4 is 4.74 Å². The Morgan fingerprint density at radius 1 is 1.22 bits per heavy atom. The summed E-state index contributed by atoms with van der Waals surface area (Å²) in [6, 6.07) is 3.57. The van der Waals surface area contributed by atoms with E-state index in [4.69, 9.17) is 21.1 Å². The highest BCUT2D eigenvalue weighted by atomic mass is 79.9. The van der Waals surface area contributed by atoms with Crippen LogP contribution in [0.1, 0.15) is 0 Å². The number of aromatic nitrogens is 1.